The van der Waals surface area contributed by atoms with Gasteiger partial charge in [-0.15, -0.1) is 0 Å². The molecule has 0 heterocycles. The Morgan fingerprint density at radius 2 is 1.73 bits per heavy atom. The van der Waals surface area contributed by atoms with E-state index in [1.165, 1.54) is 5.56 Å². The average molecular weight is 173 g/mol. The summed E-state index contributed by atoms with van der Waals surface area (Å²) in [7, 11) is 4.28. The molecule has 1 unspecified atom stereocenters. The summed E-state index contributed by atoms with van der Waals surface area (Å²) in [6, 6.07) is 10.7. The van der Waals surface area contributed by atoms with Crippen LogP contribution in [0.2, 0.25) is 0 Å². The molecular formula is C9H12KN. The van der Waals surface area contributed by atoms with Crippen molar-refractivity contribution < 1.29 is 0 Å². The summed E-state index contributed by atoms with van der Waals surface area (Å²) in [6.07, 6.45) is 0. The first-order valence-corrected chi connectivity index (χ1v) is 5.73. The van der Waals surface area contributed by atoms with Gasteiger partial charge in [-0.05, 0) is 0 Å². The van der Waals surface area contributed by atoms with Crippen LogP contribution in [0.1, 0.15) is 5.70 Å². The van der Waals surface area contributed by atoms with E-state index >= 15 is 0 Å². The van der Waals surface area contributed by atoms with Gasteiger partial charge in [0.15, 0.2) is 0 Å². The van der Waals surface area contributed by atoms with Gasteiger partial charge in [0.1, 0.15) is 0 Å². The molecule has 0 bridgehead atoms. The Labute approximate surface area is 102 Å². The minimum atomic E-state index is 0.698. The summed E-state index contributed by atoms with van der Waals surface area (Å²) in [5.74, 6) is 0. The van der Waals surface area contributed by atoms with Crippen molar-refractivity contribution in [2.24, 2.45) is 0 Å². The zero-order valence-electron chi connectivity index (χ0n) is 7.41. The molecule has 11 heavy (non-hydrogen) atoms. The predicted molar refractivity (Wildman–Crippen MR) is 48.6 cm³/mol. The van der Waals surface area contributed by atoms with E-state index in [2.05, 4.69) is 49.3 Å². The van der Waals surface area contributed by atoms with E-state index in [0.29, 0.717) is 0.136 Å². The summed E-state index contributed by atoms with van der Waals surface area (Å²) in [4.78, 5) is 2.29. The van der Waals surface area contributed by atoms with E-state index in [1.807, 2.05) is 0 Å². The summed E-state index contributed by atoms with van der Waals surface area (Å²) >= 11 is 0.831. The fourth-order valence-corrected chi connectivity index (χ4v) is 1.63. The summed E-state index contributed by atoms with van der Waals surface area (Å²) in [6.45, 7) is 0. The van der Waals surface area contributed by atoms with Gasteiger partial charge in [0.05, 0.1) is 0 Å². The average Bonchev–Trinajstić information content (AvgIpc) is 2.05. The fraction of sp³-hybridized carbons (Fsp3) is 0.333. The Morgan fingerprint density at radius 3 is 2.18 bits per heavy atom. The summed E-state index contributed by atoms with van der Waals surface area (Å²) in [5.41, 5.74) is 1.46. The number of hydrogen-bond donors (Lipinski definition) is 0. The third-order valence-electron chi connectivity index (χ3n) is 2.06. The van der Waals surface area contributed by atoms with Crippen LogP contribution in [-0.2, 0) is 0 Å². The molecule has 0 aliphatic rings. The van der Waals surface area contributed by atoms with Gasteiger partial charge in [0.25, 0.3) is 0 Å². The monoisotopic (exact) mass is 173 g/mol. The topological polar surface area (TPSA) is 3.24 Å². The first-order chi connectivity index (χ1) is 5.22. The Balaban J connectivity index is 2.77. The molecule has 1 atom stereocenters. The van der Waals surface area contributed by atoms with Crippen LogP contribution < -0.4 is 0 Å². The van der Waals surface area contributed by atoms with Crippen LogP contribution in [0.25, 0.3) is 0 Å². The second-order valence-corrected chi connectivity index (χ2v) is 4.76. The molecule has 54 valence electrons. The minimum absolute atomic E-state index is 0.698. The quantitative estimate of drug-likeness (QED) is 0.611. The van der Waals surface area contributed by atoms with E-state index < -0.39 is 0 Å². The fourth-order valence-electron chi connectivity index (χ4n) is 1.03. The predicted octanol–water partition coefficient (Wildman–Crippen LogP) is 1.42. The molecule has 0 aliphatic heterocycles. The van der Waals surface area contributed by atoms with Crippen molar-refractivity contribution in [3.05, 3.63) is 35.9 Å². The van der Waals surface area contributed by atoms with Crippen molar-refractivity contribution in [2.75, 3.05) is 14.1 Å². The summed E-state index contributed by atoms with van der Waals surface area (Å²) < 4.78 is 0.698. The van der Waals surface area contributed by atoms with E-state index in [4.69, 9.17) is 0 Å². The number of nitrogens with zero attached hydrogens (tertiary/aromatic N) is 1. The van der Waals surface area contributed by atoms with Crippen molar-refractivity contribution in [3.8, 4) is 0 Å². The van der Waals surface area contributed by atoms with Crippen molar-refractivity contribution >= 4 is 49.0 Å². The number of hydrogen-bond acceptors (Lipinski definition) is 1. The molecule has 1 nitrogen and oxygen atoms in total. The van der Waals surface area contributed by atoms with E-state index in [1.54, 1.807) is 0 Å². The zero-order chi connectivity index (χ0) is 8.27. The molecule has 0 amide bonds. The molecule has 0 aliphatic carbocycles. The molecule has 1 rings (SSSR count). The molecule has 0 aromatic heterocycles. The standard InChI is InChI=1S/C9H12N.K/c1-10(2)8-9-6-4-3-5-7-9;/h3-8H,1-2H3;. The van der Waals surface area contributed by atoms with Gasteiger partial charge in [-0.1, -0.05) is 0 Å². The Morgan fingerprint density at radius 1 is 1.18 bits per heavy atom. The maximum atomic E-state index is 2.29. The normalized spacial score (nSPS) is 13.5. The first-order valence-electron chi connectivity index (χ1n) is 3.93. The van der Waals surface area contributed by atoms with Crippen molar-refractivity contribution in [1.29, 1.82) is 0 Å². The van der Waals surface area contributed by atoms with Gasteiger partial charge in [0.2, 0.25) is 0 Å². The van der Waals surface area contributed by atoms with Crippen molar-refractivity contribution in [3.63, 3.8) is 0 Å². The van der Waals surface area contributed by atoms with Crippen molar-refractivity contribution in [1.82, 2.24) is 4.90 Å². The second-order valence-electron chi connectivity index (χ2n) is 3.05. The maximum absolute atomic E-state index is 2.29. The van der Waals surface area contributed by atoms with Crippen molar-refractivity contribution in [2.45, 2.75) is 0.136 Å². The van der Waals surface area contributed by atoms with Crippen LogP contribution in [0.3, 0.4) is 0 Å². The molecular weight excluding hydrogens is 161 g/mol. The third kappa shape index (κ3) is 2.97. The van der Waals surface area contributed by atoms with Gasteiger partial charge < -0.3 is 0 Å². The van der Waals surface area contributed by atoms with Crippen LogP contribution >= 0.6 is 0 Å². The van der Waals surface area contributed by atoms with Crippen LogP contribution in [0.15, 0.2) is 30.3 Å². The van der Waals surface area contributed by atoms with Gasteiger partial charge in [0, 0.05) is 0 Å². The Hall–Kier alpha value is 0.816. The molecule has 1 aromatic rings. The first kappa shape index (κ1) is 9.90. The second kappa shape index (κ2) is 4.75. The molecule has 0 fully saturated rings. The Bertz CT molecular complexity index is 208. The zero-order valence-corrected chi connectivity index (χ0v) is 10.5. The van der Waals surface area contributed by atoms with Crippen LogP contribution in [-0.4, -0.2) is 67.9 Å². The molecule has 0 saturated heterocycles. The van der Waals surface area contributed by atoms with Gasteiger partial charge >= 0.3 is 104 Å². The van der Waals surface area contributed by atoms with Crippen LogP contribution in [0.5, 0.6) is 0 Å². The third-order valence-corrected chi connectivity index (χ3v) is 4.71. The van der Waals surface area contributed by atoms with Gasteiger partial charge in [-0.3, -0.25) is 0 Å². The van der Waals surface area contributed by atoms with Gasteiger partial charge in [-0.2, -0.15) is 0 Å². The molecule has 1 aromatic carbocycles. The van der Waals surface area contributed by atoms with Gasteiger partial charge in [-0.25, -0.2) is 0 Å². The van der Waals surface area contributed by atoms with Crippen LogP contribution in [0, 0.1) is 0 Å². The summed E-state index contributed by atoms with van der Waals surface area (Å²) in [5, 5.41) is 0. The molecule has 0 radical (unpaired) electrons. The SMILES string of the molecule is CN(C)[CH]([K])c1ccccc1. The molecule has 0 saturated carbocycles. The number of benzene rings is 1. The number of rotatable bonds is 2. The van der Waals surface area contributed by atoms with E-state index in [-0.39, 0.29) is 0 Å². The van der Waals surface area contributed by atoms with E-state index in [9.17, 15) is 0 Å². The Kier molecular flexibility index (Phi) is 4.27. The molecule has 0 N–H and O–H groups in total. The molecule has 0 spiro atoms. The van der Waals surface area contributed by atoms with E-state index in [0.717, 1.165) is 49.0 Å². The molecule has 2 heteroatoms. The van der Waals surface area contributed by atoms with Crippen LogP contribution in [0.4, 0.5) is 0 Å².